The molecule has 1 atom stereocenters. The summed E-state index contributed by atoms with van der Waals surface area (Å²) in [7, 11) is 0. The van der Waals surface area contributed by atoms with E-state index in [2.05, 4.69) is 5.32 Å². The molecule has 7 heteroatoms. The lowest BCUT2D eigenvalue weighted by Crippen LogP contribution is -2.52. The highest BCUT2D eigenvalue weighted by molar-refractivity contribution is 7.99. The molecule has 39 heavy (non-hydrogen) atoms. The van der Waals surface area contributed by atoms with Gasteiger partial charge in [0.1, 0.15) is 6.04 Å². The van der Waals surface area contributed by atoms with Crippen molar-refractivity contribution < 1.29 is 9.59 Å². The lowest BCUT2D eigenvalue weighted by Gasteiger charge is -2.33. The van der Waals surface area contributed by atoms with E-state index < -0.39 is 6.04 Å². The first kappa shape index (κ1) is 29.5. The molecular formula is C32H36Cl2N2O2S. The predicted molar refractivity (Wildman–Crippen MR) is 162 cm³/mol. The first-order valence-electron chi connectivity index (χ1n) is 13.7. The highest BCUT2D eigenvalue weighted by Gasteiger charge is 2.32. The van der Waals surface area contributed by atoms with Crippen molar-refractivity contribution in [1.82, 2.24) is 10.2 Å². The molecule has 1 unspecified atom stereocenters. The third-order valence-corrected chi connectivity index (χ3v) is 8.86. The van der Waals surface area contributed by atoms with Gasteiger partial charge in [0.05, 0.1) is 0 Å². The number of nitrogens with one attached hydrogen (secondary N) is 1. The second-order valence-corrected chi connectivity index (χ2v) is 12.1. The Balaban J connectivity index is 1.52. The molecule has 206 valence electrons. The molecule has 1 aliphatic rings. The van der Waals surface area contributed by atoms with Gasteiger partial charge in [-0.05, 0) is 66.5 Å². The number of hydrogen-bond acceptors (Lipinski definition) is 3. The van der Waals surface area contributed by atoms with Gasteiger partial charge >= 0.3 is 0 Å². The molecule has 0 bridgehead atoms. The van der Waals surface area contributed by atoms with E-state index in [1.165, 1.54) is 6.42 Å². The molecule has 1 aliphatic carbocycles. The van der Waals surface area contributed by atoms with Gasteiger partial charge in [-0.15, -0.1) is 11.8 Å². The number of nitrogens with zero attached hydrogens (tertiary/aromatic N) is 1. The highest BCUT2D eigenvalue weighted by atomic mass is 35.5. The molecule has 0 aliphatic heterocycles. The van der Waals surface area contributed by atoms with Crippen LogP contribution in [-0.4, -0.2) is 34.6 Å². The Kier molecular flexibility index (Phi) is 11.6. The quantitative estimate of drug-likeness (QED) is 0.174. The molecule has 0 saturated heterocycles. The zero-order valence-electron chi connectivity index (χ0n) is 22.2. The summed E-state index contributed by atoms with van der Waals surface area (Å²) in [5.74, 6) is 0.679. The largest absolute Gasteiger partial charge is 0.352 e. The van der Waals surface area contributed by atoms with Gasteiger partial charge < -0.3 is 10.2 Å². The number of amides is 2. The minimum absolute atomic E-state index is 0.0358. The molecule has 4 rings (SSSR count). The average molecular weight is 584 g/mol. The molecule has 1 fully saturated rings. The van der Waals surface area contributed by atoms with Crippen LogP contribution in [-0.2, 0) is 22.6 Å². The van der Waals surface area contributed by atoms with Gasteiger partial charge in [0.2, 0.25) is 11.8 Å². The summed E-state index contributed by atoms with van der Waals surface area (Å²) in [6, 6.07) is 24.8. The molecule has 4 nitrogen and oxygen atoms in total. The fraction of sp³-hybridized carbons (Fsp3) is 0.375. The Labute approximate surface area is 246 Å². The van der Waals surface area contributed by atoms with Crippen LogP contribution in [0.2, 0.25) is 10.0 Å². The summed E-state index contributed by atoms with van der Waals surface area (Å²) >= 11 is 14.2. The summed E-state index contributed by atoms with van der Waals surface area (Å²) in [6.45, 7) is 0.290. The van der Waals surface area contributed by atoms with E-state index in [0.29, 0.717) is 35.9 Å². The van der Waals surface area contributed by atoms with Crippen molar-refractivity contribution >= 4 is 46.8 Å². The second kappa shape index (κ2) is 15.4. The predicted octanol–water partition coefficient (Wildman–Crippen LogP) is 7.95. The van der Waals surface area contributed by atoms with Crippen molar-refractivity contribution in [2.24, 2.45) is 0 Å². The zero-order chi connectivity index (χ0) is 27.5. The minimum Gasteiger partial charge on any atom is -0.352 e. The van der Waals surface area contributed by atoms with Crippen molar-refractivity contribution in [3.8, 4) is 0 Å². The maximum Gasteiger partial charge on any atom is 0.243 e. The standard InChI is InChI=1S/C32H36Cl2N2O2S/c33-26-17-19-28(20-18-26)39-21-9-16-31(37)36(23-25-12-7-8-15-29(25)34)30(22-24-10-3-1-4-11-24)32(38)35-27-13-5-2-6-14-27/h1,3-4,7-8,10-12,15,17-20,27,30H,2,5-6,9,13-14,16,21-23H2,(H,35,38). The first-order chi connectivity index (χ1) is 19.0. The summed E-state index contributed by atoms with van der Waals surface area (Å²) in [4.78, 5) is 30.5. The molecule has 3 aromatic rings. The van der Waals surface area contributed by atoms with Gasteiger partial charge in [-0.2, -0.15) is 0 Å². The first-order valence-corrected chi connectivity index (χ1v) is 15.5. The van der Waals surface area contributed by atoms with Gasteiger partial charge in [-0.1, -0.05) is 91.0 Å². The maximum absolute atomic E-state index is 13.8. The van der Waals surface area contributed by atoms with E-state index in [1.54, 1.807) is 16.7 Å². The number of hydrogen-bond donors (Lipinski definition) is 1. The van der Waals surface area contributed by atoms with Crippen molar-refractivity contribution in [3.05, 3.63) is 100 Å². The zero-order valence-corrected chi connectivity index (χ0v) is 24.5. The van der Waals surface area contributed by atoms with Gasteiger partial charge in [0.25, 0.3) is 0 Å². The maximum atomic E-state index is 13.8. The Morgan fingerprint density at radius 1 is 0.897 bits per heavy atom. The Morgan fingerprint density at radius 2 is 1.59 bits per heavy atom. The molecule has 1 N–H and O–H groups in total. The van der Waals surface area contributed by atoms with Crippen molar-refractivity contribution in [2.75, 3.05) is 5.75 Å². The molecular weight excluding hydrogens is 547 g/mol. The van der Waals surface area contributed by atoms with Crippen LogP contribution < -0.4 is 5.32 Å². The number of halogens is 2. The fourth-order valence-electron chi connectivity index (χ4n) is 5.00. The van der Waals surface area contributed by atoms with Crippen LogP contribution in [0, 0.1) is 0 Å². The van der Waals surface area contributed by atoms with Crippen LogP contribution in [0.15, 0.2) is 83.8 Å². The van der Waals surface area contributed by atoms with E-state index in [-0.39, 0.29) is 17.9 Å². The number of carbonyl (C=O) groups excluding carboxylic acids is 2. The molecule has 3 aromatic carbocycles. The number of benzene rings is 3. The van der Waals surface area contributed by atoms with Crippen molar-refractivity contribution in [2.45, 2.75) is 74.9 Å². The third kappa shape index (κ3) is 9.30. The lowest BCUT2D eigenvalue weighted by molar-refractivity contribution is -0.141. The van der Waals surface area contributed by atoms with E-state index in [9.17, 15) is 9.59 Å². The van der Waals surface area contributed by atoms with Crippen LogP contribution in [0.4, 0.5) is 0 Å². The fourth-order valence-corrected chi connectivity index (χ4v) is 6.17. The van der Waals surface area contributed by atoms with Crippen LogP contribution in [0.25, 0.3) is 0 Å². The smallest absolute Gasteiger partial charge is 0.243 e. The molecule has 0 aromatic heterocycles. The van der Waals surface area contributed by atoms with Crippen LogP contribution >= 0.6 is 35.0 Å². The summed E-state index contributed by atoms with van der Waals surface area (Å²) in [6.07, 6.45) is 6.96. The Hall–Kier alpha value is -2.47. The van der Waals surface area contributed by atoms with E-state index >= 15 is 0 Å². The van der Waals surface area contributed by atoms with E-state index in [0.717, 1.165) is 47.5 Å². The Bertz CT molecular complexity index is 1200. The number of thioether (sulfide) groups is 1. The van der Waals surface area contributed by atoms with Crippen LogP contribution in [0.1, 0.15) is 56.1 Å². The normalized spacial score (nSPS) is 14.5. The van der Waals surface area contributed by atoms with Crippen LogP contribution in [0.3, 0.4) is 0 Å². The monoisotopic (exact) mass is 582 g/mol. The molecule has 0 spiro atoms. The molecule has 0 radical (unpaired) electrons. The number of carbonyl (C=O) groups is 2. The van der Waals surface area contributed by atoms with Crippen LogP contribution in [0.5, 0.6) is 0 Å². The average Bonchev–Trinajstić information content (AvgIpc) is 2.96. The number of rotatable bonds is 12. The van der Waals surface area contributed by atoms with Gasteiger partial charge in [0.15, 0.2) is 0 Å². The van der Waals surface area contributed by atoms with Crippen molar-refractivity contribution in [1.29, 1.82) is 0 Å². The van der Waals surface area contributed by atoms with Crippen molar-refractivity contribution in [3.63, 3.8) is 0 Å². The summed E-state index contributed by atoms with van der Waals surface area (Å²) < 4.78 is 0. The van der Waals surface area contributed by atoms with Gasteiger partial charge in [-0.3, -0.25) is 9.59 Å². The van der Waals surface area contributed by atoms with Gasteiger partial charge in [-0.25, -0.2) is 0 Å². The third-order valence-electron chi connectivity index (χ3n) is 7.14. The molecule has 2 amide bonds. The lowest BCUT2D eigenvalue weighted by atomic mass is 9.94. The van der Waals surface area contributed by atoms with Gasteiger partial charge in [0, 0.05) is 40.4 Å². The summed E-state index contributed by atoms with van der Waals surface area (Å²) in [5.41, 5.74) is 1.86. The minimum atomic E-state index is -0.623. The molecule has 0 heterocycles. The molecule has 1 saturated carbocycles. The highest BCUT2D eigenvalue weighted by Crippen LogP contribution is 2.25. The Morgan fingerprint density at radius 3 is 2.31 bits per heavy atom. The summed E-state index contributed by atoms with van der Waals surface area (Å²) in [5, 5.41) is 4.59. The SMILES string of the molecule is O=C(NC1CCCCC1)C(Cc1ccccc1)N(Cc1ccccc1Cl)C(=O)CCCSc1ccc(Cl)cc1. The second-order valence-electron chi connectivity index (χ2n) is 10.1. The topological polar surface area (TPSA) is 49.4 Å². The van der Waals surface area contributed by atoms with E-state index in [1.807, 2.05) is 78.9 Å². The van der Waals surface area contributed by atoms with E-state index in [4.69, 9.17) is 23.2 Å².